The number of carbonyl (C=O) groups excluding carboxylic acids is 2. The van der Waals surface area contributed by atoms with E-state index in [0.29, 0.717) is 15.6 Å². The molecule has 0 radical (unpaired) electrons. The lowest BCUT2D eigenvalue weighted by Gasteiger charge is -2.16. The van der Waals surface area contributed by atoms with Crippen molar-refractivity contribution in [3.63, 3.8) is 0 Å². The molecule has 1 rings (SSSR count). The molecule has 98 valence electrons. The highest BCUT2D eigenvalue weighted by molar-refractivity contribution is 6.35. The molecule has 4 nitrogen and oxygen atoms in total. The highest BCUT2D eigenvalue weighted by Crippen LogP contribution is 2.21. The van der Waals surface area contributed by atoms with Gasteiger partial charge in [-0.2, -0.15) is 0 Å². The van der Waals surface area contributed by atoms with Gasteiger partial charge in [0.25, 0.3) is 0 Å². The van der Waals surface area contributed by atoms with Gasteiger partial charge < -0.3 is 9.64 Å². The Labute approximate surface area is 115 Å². The zero-order valence-electron chi connectivity index (χ0n) is 10.1. The van der Waals surface area contributed by atoms with Crippen molar-refractivity contribution in [1.82, 2.24) is 4.90 Å². The van der Waals surface area contributed by atoms with Gasteiger partial charge >= 0.3 is 5.97 Å². The zero-order chi connectivity index (χ0) is 13.7. The van der Waals surface area contributed by atoms with Crippen LogP contribution in [0.25, 0.3) is 0 Å². The molecule has 18 heavy (non-hydrogen) atoms. The standard InChI is InChI=1S/C12H13Cl2NO3/c1-15(7-12(17)18-2)11(16)5-8-3-4-9(13)6-10(8)14/h3-4,6H,5,7H2,1-2H3. The number of rotatable bonds is 4. The average molecular weight is 290 g/mol. The van der Waals surface area contributed by atoms with Crippen LogP contribution >= 0.6 is 23.2 Å². The van der Waals surface area contributed by atoms with Gasteiger partial charge in [-0.15, -0.1) is 0 Å². The molecular formula is C12H13Cl2NO3. The lowest BCUT2D eigenvalue weighted by molar-refractivity contribution is -0.145. The first-order valence-corrected chi connectivity index (χ1v) is 5.94. The van der Waals surface area contributed by atoms with Crippen molar-refractivity contribution >= 4 is 35.1 Å². The molecule has 6 heteroatoms. The zero-order valence-corrected chi connectivity index (χ0v) is 11.6. The summed E-state index contributed by atoms with van der Waals surface area (Å²) in [5.74, 6) is -0.683. The van der Waals surface area contributed by atoms with Crippen LogP contribution in [0, 0.1) is 0 Å². The number of hydrogen-bond acceptors (Lipinski definition) is 3. The van der Waals surface area contributed by atoms with Crippen LogP contribution < -0.4 is 0 Å². The predicted octanol–water partition coefficient (Wildman–Crippen LogP) is 2.17. The van der Waals surface area contributed by atoms with Gasteiger partial charge in [0.2, 0.25) is 5.91 Å². The van der Waals surface area contributed by atoms with Crippen LogP contribution in [0.2, 0.25) is 10.0 Å². The molecule has 1 amide bonds. The monoisotopic (exact) mass is 289 g/mol. The number of likely N-dealkylation sites (N-methyl/N-ethyl adjacent to an activating group) is 1. The maximum atomic E-state index is 11.8. The van der Waals surface area contributed by atoms with Crippen LogP contribution in [0.4, 0.5) is 0 Å². The minimum atomic E-state index is -0.465. The number of esters is 1. The summed E-state index contributed by atoms with van der Waals surface area (Å²) in [4.78, 5) is 24.1. The number of hydrogen-bond donors (Lipinski definition) is 0. The number of ether oxygens (including phenoxy) is 1. The van der Waals surface area contributed by atoms with E-state index in [-0.39, 0.29) is 18.9 Å². The molecule has 0 aliphatic heterocycles. The van der Waals surface area contributed by atoms with Gasteiger partial charge in [-0.3, -0.25) is 9.59 Å². The van der Waals surface area contributed by atoms with E-state index in [1.807, 2.05) is 0 Å². The Bertz CT molecular complexity index is 463. The Hall–Kier alpha value is -1.26. The van der Waals surface area contributed by atoms with E-state index in [2.05, 4.69) is 4.74 Å². The third kappa shape index (κ3) is 4.20. The number of halogens is 2. The molecule has 1 aromatic rings. The third-order valence-corrected chi connectivity index (χ3v) is 2.96. The second-order valence-electron chi connectivity index (χ2n) is 3.74. The van der Waals surface area contributed by atoms with Crippen LogP contribution in [0.15, 0.2) is 18.2 Å². The lowest BCUT2D eigenvalue weighted by Crippen LogP contribution is -2.33. The Morgan fingerprint density at radius 2 is 2.00 bits per heavy atom. The molecule has 0 heterocycles. The van der Waals surface area contributed by atoms with E-state index in [4.69, 9.17) is 23.2 Å². The highest BCUT2D eigenvalue weighted by atomic mass is 35.5. The van der Waals surface area contributed by atoms with Crippen LogP contribution in [-0.4, -0.2) is 37.5 Å². The number of carbonyl (C=O) groups is 2. The van der Waals surface area contributed by atoms with E-state index < -0.39 is 5.97 Å². The molecular weight excluding hydrogens is 277 g/mol. The van der Waals surface area contributed by atoms with Gasteiger partial charge in [0, 0.05) is 17.1 Å². The average Bonchev–Trinajstić information content (AvgIpc) is 2.32. The summed E-state index contributed by atoms with van der Waals surface area (Å²) in [7, 11) is 2.81. The predicted molar refractivity (Wildman–Crippen MR) is 69.8 cm³/mol. The molecule has 0 fully saturated rings. The normalized spacial score (nSPS) is 10.0. The summed E-state index contributed by atoms with van der Waals surface area (Å²) in [6, 6.07) is 4.93. The van der Waals surface area contributed by atoms with Crippen LogP contribution in [-0.2, 0) is 20.7 Å². The molecule has 1 aromatic carbocycles. The Morgan fingerprint density at radius 1 is 1.33 bits per heavy atom. The molecule has 0 aromatic heterocycles. The van der Waals surface area contributed by atoms with Gasteiger partial charge in [0.05, 0.1) is 13.5 Å². The van der Waals surface area contributed by atoms with Gasteiger partial charge in [0.15, 0.2) is 0 Å². The largest absolute Gasteiger partial charge is 0.468 e. The van der Waals surface area contributed by atoms with Gasteiger partial charge in [-0.1, -0.05) is 29.3 Å². The number of benzene rings is 1. The molecule has 0 unspecified atom stereocenters. The molecule has 0 saturated carbocycles. The van der Waals surface area contributed by atoms with E-state index in [0.717, 1.165) is 0 Å². The fourth-order valence-corrected chi connectivity index (χ4v) is 1.78. The van der Waals surface area contributed by atoms with Crippen molar-refractivity contribution in [2.24, 2.45) is 0 Å². The van der Waals surface area contributed by atoms with E-state index in [9.17, 15) is 9.59 Å². The topological polar surface area (TPSA) is 46.6 Å². The molecule has 0 saturated heterocycles. The summed E-state index contributed by atoms with van der Waals surface area (Å²) in [6.45, 7) is -0.0828. The van der Waals surface area contributed by atoms with Gasteiger partial charge in [-0.05, 0) is 17.7 Å². The quantitative estimate of drug-likeness (QED) is 0.798. The van der Waals surface area contributed by atoms with E-state index >= 15 is 0 Å². The number of methoxy groups -OCH3 is 1. The van der Waals surface area contributed by atoms with Crippen molar-refractivity contribution < 1.29 is 14.3 Å². The fraction of sp³-hybridized carbons (Fsp3) is 0.333. The maximum Gasteiger partial charge on any atom is 0.325 e. The van der Waals surface area contributed by atoms with E-state index in [1.54, 1.807) is 18.2 Å². The van der Waals surface area contributed by atoms with Gasteiger partial charge in [0.1, 0.15) is 6.54 Å². The minimum Gasteiger partial charge on any atom is -0.468 e. The van der Waals surface area contributed by atoms with Gasteiger partial charge in [-0.25, -0.2) is 0 Å². The first-order valence-electron chi connectivity index (χ1n) is 5.18. The summed E-state index contributed by atoms with van der Waals surface area (Å²) in [5.41, 5.74) is 0.669. The van der Waals surface area contributed by atoms with Crippen LogP contribution in [0.5, 0.6) is 0 Å². The Kier molecular flexibility index (Phi) is 5.44. The lowest BCUT2D eigenvalue weighted by atomic mass is 10.1. The van der Waals surface area contributed by atoms with Crippen LogP contribution in [0.1, 0.15) is 5.56 Å². The minimum absolute atomic E-state index is 0.0828. The summed E-state index contributed by atoms with van der Waals surface area (Å²) in [6.07, 6.45) is 0.115. The second-order valence-corrected chi connectivity index (χ2v) is 4.58. The summed E-state index contributed by atoms with van der Waals surface area (Å²) >= 11 is 11.7. The Morgan fingerprint density at radius 3 is 2.56 bits per heavy atom. The Balaban J connectivity index is 2.66. The highest BCUT2D eigenvalue weighted by Gasteiger charge is 2.15. The van der Waals surface area contributed by atoms with Crippen molar-refractivity contribution in [1.29, 1.82) is 0 Å². The molecule has 0 aliphatic rings. The first kappa shape index (κ1) is 14.8. The third-order valence-electron chi connectivity index (χ3n) is 2.38. The van der Waals surface area contributed by atoms with Crippen molar-refractivity contribution in [2.45, 2.75) is 6.42 Å². The second kappa shape index (κ2) is 6.61. The summed E-state index contributed by atoms with van der Waals surface area (Å²) in [5, 5.41) is 0.946. The number of amides is 1. The van der Waals surface area contributed by atoms with E-state index in [1.165, 1.54) is 19.1 Å². The van der Waals surface area contributed by atoms with Crippen molar-refractivity contribution in [3.05, 3.63) is 33.8 Å². The van der Waals surface area contributed by atoms with Crippen molar-refractivity contribution in [2.75, 3.05) is 20.7 Å². The maximum absolute atomic E-state index is 11.8. The fourth-order valence-electron chi connectivity index (χ4n) is 1.31. The smallest absolute Gasteiger partial charge is 0.325 e. The molecule has 0 aliphatic carbocycles. The first-order chi connectivity index (χ1) is 8.43. The molecule has 0 bridgehead atoms. The van der Waals surface area contributed by atoms with Crippen LogP contribution in [0.3, 0.4) is 0 Å². The molecule has 0 atom stereocenters. The number of nitrogens with zero attached hydrogens (tertiary/aromatic N) is 1. The van der Waals surface area contributed by atoms with Crippen molar-refractivity contribution in [3.8, 4) is 0 Å². The molecule has 0 spiro atoms. The molecule has 0 N–H and O–H groups in total. The summed E-state index contributed by atoms with van der Waals surface area (Å²) < 4.78 is 4.48. The SMILES string of the molecule is COC(=O)CN(C)C(=O)Cc1ccc(Cl)cc1Cl.